The van der Waals surface area contributed by atoms with E-state index in [2.05, 4.69) is 10.3 Å². The van der Waals surface area contributed by atoms with E-state index in [1.807, 2.05) is 17.9 Å². The molecule has 0 amide bonds. The minimum Gasteiger partial charge on any atom is -0.469 e. The fourth-order valence-electron chi connectivity index (χ4n) is 2.76. The first kappa shape index (κ1) is 19.7. The highest BCUT2D eigenvalue weighted by Crippen LogP contribution is 2.24. The highest BCUT2D eigenvalue weighted by molar-refractivity contribution is 14.0. The predicted octanol–water partition coefficient (Wildman–Crippen LogP) is 2.26. The maximum atomic E-state index is 13.2. The molecular weight excluding hydrogens is 412 g/mol. The van der Waals surface area contributed by atoms with Gasteiger partial charge in [0.15, 0.2) is 5.96 Å². The van der Waals surface area contributed by atoms with Gasteiger partial charge in [0.1, 0.15) is 5.82 Å². The number of ether oxygens (including phenoxy) is 1. The van der Waals surface area contributed by atoms with Gasteiger partial charge in [0, 0.05) is 26.7 Å². The molecule has 5 nitrogen and oxygen atoms in total. The molecule has 23 heavy (non-hydrogen) atoms. The van der Waals surface area contributed by atoms with Gasteiger partial charge in [0.25, 0.3) is 0 Å². The van der Waals surface area contributed by atoms with Gasteiger partial charge in [-0.15, -0.1) is 24.0 Å². The van der Waals surface area contributed by atoms with E-state index in [1.165, 1.54) is 19.2 Å². The molecule has 2 atom stereocenters. The summed E-state index contributed by atoms with van der Waals surface area (Å²) in [6.45, 7) is 3.83. The van der Waals surface area contributed by atoms with Gasteiger partial charge in [-0.05, 0) is 23.6 Å². The Morgan fingerprint density at radius 1 is 1.48 bits per heavy atom. The Morgan fingerprint density at radius 2 is 2.22 bits per heavy atom. The minimum atomic E-state index is -0.255. The molecule has 128 valence electrons. The first-order valence-corrected chi connectivity index (χ1v) is 7.33. The van der Waals surface area contributed by atoms with Crippen molar-refractivity contribution in [3.63, 3.8) is 0 Å². The third kappa shape index (κ3) is 5.05. The van der Waals surface area contributed by atoms with E-state index >= 15 is 0 Å². The number of hydrogen-bond donors (Lipinski definition) is 1. The van der Waals surface area contributed by atoms with Gasteiger partial charge in [-0.3, -0.25) is 9.79 Å². The van der Waals surface area contributed by atoms with Crippen LogP contribution in [0.5, 0.6) is 0 Å². The summed E-state index contributed by atoms with van der Waals surface area (Å²) >= 11 is 0. The summed E-state index contributed by atoms with van der Waals surface area (Å²) in [5, 5.41) is 3.21. The van der Waals surface area contributed by atoms with Gasteiger partial charge in [-0.2, -0.15) is 0 Å². The van der Waals surface area contributed by atoms with Crippen LogP contribution in [0.4, 0.5) is 4.39 Å². The van der Waals surface area contributed by atoms with Crippen LogP contribution in [0.15, 0.2) is 29.3 Å². The second kappa shape index (κ2) is 9.05. The van der Waals surface area contributed by atoms with E-state index in [1.54, 1.807) is 13.1 Å². The lowest BCUT2D eigenvalue weighted by atomic mass is 9.99. The van der Waals surface area contributed by atoms with Crippen LogP contribution in [0.1, 0.15) is 12.5 Å². The van der Waals surface area contributed by atoms with E-state index in [-0.39, 0.29) is 47.6 Å². The molecule has 0 saturated carbocycles. The van der Waals surface area contributed by atoms with Crippen molar-refractivity contribution >= 4 is 35.9 Å². The van der Waals surface area contributed by atoms with E-state index in [0.717, 1.165) is 12.1 Å². The summed E-state index contributed by atoms with van der Waals surface area (Å²) in [7, 11) is 3.11. The average Bonchev–Trinajstić information content (AvgIpc) is 2.89. The predicted molar refractivity (Wildman–Crippen MR) is 98.3 cm³/mol. The van der Waals surface area contributed by atoms with Crippen molar-refractivity contribution in [3.05, 3.63) is 35.6 Å². The molecule has 0 spiro atoms. The summed E-state index contributed by atoms with van der Waals surface area (Å²) in [5.74, 6) is 0.339. The molecule has 2 rings (SSSR count). The van der Waals surface area contributed by atoms with Crippen molar-refractivity contribution < 1.29 is 13.9 Å². The lowest BCUT2D eigenvalue weighted by Gasteiger charge is -2.21. The quantitative estimate of drug-likeness (QED) is 0.343. The Bertz CT molecular complexity index is 568. The zero-order valence-corrected chi connectivity index (χ0v) is 15.9. The molecular formula is C16H23FIN3O2. The molecule has 2 unspecified atom stereocenters. The Hall–Kier alpha value is -1.38. The second-order valence-electron chi connectivity index (χ2n) is 5.54. The fraction of sp³-hybridized carbons (Fsp3) is 0.500. The minimum absolute atomic E-state index is 0. The number of nitrogens with zero attached hydrogens (tertiary/aromatic N) is 2. The van der Waals surface area contributed by atoms with E-state index in [9.17, 15) is 9.18 Å². The molecule has 0 bridgehead atoms. The van der Waals surface area contributed by atoms with Crippen molar-refractivity contribution in [2.24, 2.45) is 16.8 Å². The number of nitrogens with one attached hydrogen (secondary N) is 1. The molecule has 1 aromatic rings. The molecule has 1 aromatic carbocycles. The lowest BCUT2D eigenvalue weighted by molar-refractivity contribution is -0.145. The Morgan fingerprint density at radius 3 is 2.83 bits per heavy atom. The van der Waals surface area contributed by atoms with Crippen molar-refractivity contribution in [2.75, 3.05) is 27.2 Å². The average molecular weight is 435 g/mol. The number of methoxy groups -OCH3 is 1. The molecule has 1 heterocycles. The van der Waals surface area contributed by atoms with Gasteiger partial charge < -0.3 is 15.0 Å². The number of guanidine groups is 1. The van der Waals surface area contributed by atoms with Crippen LogP contribution in [0.25, 0.3) is 0 Å². The molecule has 0 aliphatic carbocycles. The third-order valence-corrected chi connectivity index (χ3v) is 3.97. The first-order valence-electron chi connectivity index (χ1n) is 7.33. The van der Waals surface area contributed by atoms with E-state index in [4.69, 9.17) is 4.74 Å². The molecule has 0 radical (unpaired) electrons. The summed E-state index contributed by atoms with van der Waals surface area (Å²) in [5.41, 5.74) is 0.845. The van der Waals surface area contributed by atoms with Crippen LogP contribution in [0.2, 0.25) is 0 Å². The Kier molecular flexibility index (Phi) is 7.74. The van der Waals surface area contributed by atoms with Gasteiger partial charge in [-0.25, -0.2) is 4.39 Å². The number of hydrogen-bond acceptors (Lipinski definition) is 3. The molecule has 1 N–H and O–H groups in total. The van der Waals surface area contributed by atoms with E-state index in [0.29, 0.717) is 19.0 Å². The van der Waals surface area contributed by atoms with Gasteiger partial charge >= 0.3 is 5.97 Å². The second-order valence-corrected chi connectivity index (χ2v) is 5.54. The van der Waals surface area contributed by atoms with Gasteiger partial charge in [0.05, 0.1) is 13.0 Å². The summed E-state index contributed by atoms with van der Waals surface area (Å²) in [6.07, 6.45) is 0. The molecule has 1 fully saturated rings. The first-order chi connectivity index (χ1) is 10.5. The summed E-state index contributed by atoms with van der Waals surface area (Å²) < 4.78 is 18.0. The summed E-state index contributed by atoms with van der Waals surface area (Å²) in [4.78, 5) is 18.0. The number of rotatable bonds is 3. The Balaban J connectivity index is 0.00000264. The number of carbonyl (C=O) groups excluding carboxylic acids is 1. The van der Waals surface area contributed by atoms with Crippen LogP contribution in [-0.2, 0) is 16.1 Å². The summed E-state index contributed by atoms with van der Waals surface area (Å²) in [6, 6.07) is 6.44. The Labute approximate surface area is 153 Å². The van der Waals surface area contributed by atoms with Crippen molar-refractivity contribution in [1.29, 1.82) is 0 Å². The zero-order chi connectivity index (χ0) is 16.1. The smallest absolute Gasteiger partial charge is 0.310 e. The molecule has 1 saturated heterocycles. The van der Waals surface area contributed by atoms with Gasteiger partial charge in [0.2, 0.25) is 0 Å². The van der Waals surface area contributed by atoms with Crippen molar-refractivity contribution in [2.45, 2.75) is 13.5 Å². The number of carbonyl (C=O) groups is 1. The van der Waals surface area contributed by atoms with Crippen LogP contribution < -0.4 is 5.32 Å². The molecule has 7 heteroatoms. The number of esters is 1. The number of halogens is 2. The maximum Gasteiger partial charge on any atom is 0.310 e. The number of aliphatic imine (C=N–C) groups is 1. The topological polar surface area (TPSA) is 53.9 Å². The normalized spacial score (nSPS) is 20.9. The van der Waals surface area contributed by atoms with Crippen molar-refractivity contribution in [3.8, 4) is 0 Å². The van der Waals surface area contributed by atoms with Gasteiger partial charge in [-0.1, -0.05) is 19.1 Å². The lowest BCUT2D eigenvalue weighted by Crippen LogP contribution is -2.40. The standard InChI is InChI=1S/C16H22FN3O2.HI/c1-11-9-20(10-14(11)15(21)22-3)16(18-2)19-8-12-5-4-6-13(17)7-12;/h4-7,11,14H,8-10H2,1-3H3,(H,18,19);1H. The highest BCUT2D eigenvalue weighted by Gasteiger charge is 2.36. The van der Waals surface area contributed by atoms with Crippen LogP contribution in [0.3, 0.4) is 0 Å². The fourth-order valence-corrected chi connectivity index (χ4v) is 2.76. The number of benzene rings is 1. The van der Waals surface area contributed by atoms with Crippen LogP contribution in [-0.4, -0.2) is 44.1 Å². The van der Waals surface area contributed by atoms with E-state index < -0.39 is 0 Å². The zero-order valence-electron chi connectivity index (χ0n) is 13.6. The SMILES string of the molecule is CN=C(NCc1cccc(F)c1)N1CC(C)C(C(=O)OC)C1.I. The van der Waals surface area contributed by atoms with Crippen molar-refractivity contribution in [1.82, 2.24) is 10.2 Å². The monoisotopic (exact) mass is 435 g/mol. The molecule has 1 aliphatic rings. The largest absolute Gasteiger partial charge is 0.469 e. The van der Waals surface area contributed by atoms with Crippen LogP contribution >= 0.6 is 24.0 Å². The highest BCUT2D eigenvalue weighted by atomic mass is 127. The number of likely N-dealkylation sites (tertiary alicyclic amines) is 1. The maximum absolute atomic E-state index is 13.2. The molecule has 1 aliphatic heterocycles. The molecule has 0 aromatic heterocycles. The third-order valence-electron chi connectivity index (χ3n) is 3.97. The van der Waals surface area contributed by atoms with Crippen LogP contribution in [0, 0.1) is 17.7 Å².